The van der Waals surface area contributed by atoms with Gasteiger partial charge in [-0.3, -0.25) is 9.69 Å². The quantitative estimate of drug-likeness (QED) is 0.894. The maximum absolute atomic E-state index is 12.7. The summed E-state index contributed by atoms with van der Waals surface area (Å²) in [6.45, 7) is 9.13. The average molecular weight is 336 g/mol. The molecule has 2 aromatic carbocycles. The number of likely N-dealkylation sites (tertiary alicyclic amines) is 1. The molecule has 1 aliphatic rings. The molecule has 1 saturated heterocycles. The number of aryl methyl sites for hydroxylation is 3. The van der Waals surface area contributed by atoms with Gasteiger partial charge in [0.1, 0.15) is 0 Å². The van der Waals surface area contributed by atoms with Crippen LogP contribution in [0, 0.1) is 26.7 Å². The van der Waals surface area contributed by atoms with Crippen molar-refractivity contribution in [3.8, 4) is 0 Å². The zero-order valence-electron chi connectivity index (χ0n) is 15.5. The molecule has 1 heterocycles. The lowest BCUT2D eigenvalue weighted by molar-refractivity contribution is -0.121. The summed E-state index contributed by atoms with van der Waals surface area (Å²) < 4.78 is 0. The number of nitrogens with zero attached hydrogens (tertiary/aromatic N) is 1. The molecule has 3 heteroatoms. The van der Waals surface area contributed by atoms with Crippen LogP contribution in [0.15, 0.2) is 42.5 Å². The summed E-state index contributed by atoms with van der Waals surface area (Å²) >= 11 is 0. The normalized spacial score (nSPS) is 18.1. The van der Waals surface area contributed by atoms with Crippen LogP contribution >= 0.6 is 0 Å². The first-order valence-corrected chi connectivity index (χ1v) is 9.17. The fourth-order valence-electron chi connectivity index (χ4n) is 3.55. The van der Waals surface area contributed by atoms with E-state index in [1.807, 2.05) is 6.07 Å². The van der Waals surface area contributed by atoms with E-state index in [2.05, 4.69) is 67.4 Å². The van der Waals surface area contributed by atoms with E-state index in [0.29, 0.717) is 0 Å². The Hall–Kier alpha value is -2.13. The molecule has 2 aromatic rings. The highest BCUT2D eigenvalue weighted by Crippen LogP contribution is 2.21. The van der Waals surface area contributed by atoms with Gasteiger partial charge in [0.25, 0.3) is 0 Å². The van der Waals surface area contributed by atoms with E-state index < -0.39 is 0 Å². The molecular weight excluding hydrogens is 308 g/mol. The van der Waals surface area contributed by atoms with E-state index in [9.17, 15) is 4.79 Å². The molecule has 0 spiro atoms. The lowest BCUT2D eigenvalue weighted by atomic mass is 9.96. The van der Waals surface area contributed by atoms with E-state index in [0.717, 1.165) is 38.2 Å². The molecule has 0 aromatic heterocycles. The minimum absolute atomic E-state index is 0.0696. The van der Waals surface area contributed by atoms with Crippen LogP contribution in [0.1, 0.15) is 35.1 Å². The number of hydrogen-bond donors (Lipinski definition) is 1. The van der Waals surface area contributed by atoms with Crippen molar-refractivity contribution in [2.24, 2.45) is 5.92 Å². The van der Waals surface area contributed by atoms with Gasteiger partial charge in [-0.1, -0.05) is 35.9 Å². The number of nitrogens with one attached hydrogen (secondary N) is 1. The Labute approximate surface area is 151 Å². The third kappa shape index (κ3) is 4.70. The van der Waals surface area contributed by atoms with Crippen LogP contribution in [-0.4, -0.2) is 23.9 Å². The van der Waals surface area contributed by atoms with Gasteiger partial charge in [-0.2, -0.15) is 0 Å². The fourth-order valence-corrected chi connectivity index (χ4v) is 3.55. The van der Waals surface area contributed by atoms with Crippen LogP contribution in [0.4, 0.5) is 5.69 Å². The van der Waals surface area contributed by atoms with Gasteiger partial charge in [-0.15, -0.1) is 0 Å². The van der Waals surface area contributed by atoms with Crippen LogP contribution < -0.4 is 5.32 Å². The first-order chi connectivity index (χ1) is 12.0. The van der Waals surface area contributed by atoms with Crippen LogP contribution in [-0.2, 0) is 11.3 Å². The van der Waals surface area contributed by atoms with Crippen LogP contribution in [0.5, 0.6) is 0 Å². The summed E-state index contributed by atoms with van der Waals surface area (Å²) in [5, 5.41) is 3.11. The van der Waals surface area contributed by atoms with Crippen molar-refractivity contribution in [1.29, 1.82) is 0 Å². The average Bonchev–Trinajstić information content (AvgIpc) is 2.58. The Bertz CT molecular complexity index is 753. The van der Waals surface area contributed by atoms with Crippen molar-refractivity contribution < 1.29 is 4.79 Å². The molecule has 1 amide bonds. The summed E-state index contributed by atoms with van der Waals surface area (Å²) in [6.07, 6.45) is 2.05. The summed E-state index contributed by atoms with van der Waals surface area (Å²) in [5.74, 6) is 0.220. The van der Waals surface area contributed by atoms with Crippen molar-refractivity contribution in [3.05, 3.63) is 64.7 Å². The molecule has 1 atom stereocenters. The van der Waals surface area contributed by atoms with Crippen LogP contribution in [0.2, 0.25) is 0 Å². The highest BCUT2D eigenvalue weighted by Gasteiger charge is 2.25. The van der Waals surface area contributed by atoms with Crippen molar-refractivity contribution in [2.45, 2.75) is 40.2 Å². The number of carbonyl (C=O) groups is 1. The first-order valence-electron chi connectivity index (χ1n) is 9.17. The van der Waals surface area contributed by atoms with E-state index >= 15 is 0 Å². The molecule has 25 heavy (non-hydrogen) atoms. The topological polar surface area (TPSA) is 32.3 Å². The van der Waals surface area contributed by atoms with Crippen molar-refractivity contribution in [3.63, 3.8) is 0 Å². The monoisotopic (exact) mass is 336 g/mol. The van der Waals surface area contributed by atoms with Gasteiger partial charge in [0, 0.05) is 18.8 Å². The molecule has 1 unspecified atom stereocenters. The zero-order chi connectivity index (χ0) is 17.8. The molecule has 0 bridgehead atoms. The van der Waals surface area contributed by atoms with Gasteiger partial charge in [-0.25, -0.2) is 0 Å². The Morgan fingerprint density at radius 2 is 1.96 bits per heavy atom. The molecule has 1 fully saturated rings. The number of carbonyl (C=O) groups excluding carboxylic acids is 1. The van der Waals surface area contributed by atoms with Crippen LogP contribution in [0.25, 0.3) is 0 Å². The highest BCUT2D eigenvalue weighted by atomic mass is 16.1. The van der Waals surface area contributed by atoms with Gasteiger partial charge in [0.05, 0.1) is 5.92 Å². The van der Waals surface area contributed by atoms with Gasteiger partial charge in [0.15, 0.2) is 0 Å². The number of amides is 1. The molecule has 132 valence electrons. The van der Waals surface area contributed by atoms with Crippen LogP contribution in [0.3, 0.4) is 0 Å². The van der Waals surface area contributed by atoms with Crippen molar-refractivity contribution in [1.82, 2.24) is 4.90 Å². The van der Waals surface area contributed by atoms with E-state index in [1.54, 1.807) is 0 Å². The minimum Gasteiger partial charge on any atom is -0.326 e. The van der Waals surface area contributed by atoms with Crippen molar-refractivity contribution >= 4 is 11.6 Å². The highest BCUT2D eigenvalue weighted by molar-refractivity contribution is 5.92. The Kier molecular flexibility index (Phi) is 5.54. The molecule has 1 N–H and O–H groups in total. The Morgan fingerprint density at radius 1 is 1.12 bits per heavy atom. The van der Waals surface area contributed by atoms with Crippen molar-refractivity contribution in [2.75, 3.05) is 18.4 Å². The second-order valence-corrected chi connectivity index (χ2v) is 7.35. The summed E-state index contributed by atoms with van der Waals surface area (Å²) in [6, 6.07) is 14.8. The second kappa shape index (κ2) is 7.83. The number of hydrogen-bond acceptors (Lipinski definition) is 2. The SMILES string of the molecule is Cc1cccc(CN2CCCC(C(=O)Nc3ccc(C)c(C)c3)C2)c1. The smallest absolute Gasteiger partial charge is 0.228 e. The second-order valence-electron chi connectivity index (χ2n) is 7.35. The maximum atomic E-state index is 12.7. The van der Waals surface area contributed by atoms with E-state index in [4.69, 9.17) is 0 Å². The lowest BCUT2D eigenvalue weighted by Crippen LogP contribution is -2.40. The van der Waals surface area contributed by atoms with Gasteiger partial charge in [-0.05, 0) is 69.0 Å². The zero-order valence-corrected chi connectivity index (χ0v) is 15.5. The molecule has 3 rings (SSSR count). The molecular formula is C22H28N2O. The first kappa shape index (κ1) is 17.7. The summed E-state index contributed by atoms with van der Waals surface area (Å²) in [7, 11) is 0. The van der Waals surface area contributed by atoms with E-state index in [1.165, 1.54) is 22.3 Å². The number of anilines is 1. The molecule has 0 saturated carbocycles. The maximum Gasteiger partial charge on any atom is 0.228 e. The Morgan fingerprint density at radius 3 is 2.72 bits per heavy atom. The lowest BCUT2D eigenvalue weighted by Gasteiger charge is -2.32. The predicted molar refractivity (Wildman–Crippen MR) is 104 cm³/mol. The molecule has 0 radical (unpaired) electrons. The summed E-state index contributed by atoms with van der Waals surface area (Å²) in [5.41, 5.74) is 5.99. The molecule has 0 aliphatic carbocycles. The third-order valence-corrected chi connectivity index (χ3v) is 5.14. The fraction of sp³-hybridized carbons (Fsp3) is 0.409. The summed E-state index contributed by atoms with van der Waals surface area (Å²) in [4.78, 5) is 15.1. The molecule has 1 aliphatic heterocycles. The minimum atomic E-state index is 0.0696. The number of rotatable bonds is 4. The standard InChI is InChI=1S/C22H28N2O/c1-16-6-4-7-19(12-16)14-24-11-5-8-20(15-24)22(25)23-21-10-9-17(2)18(3)13-21/h4,6-7,9-10,12-13,20H,5,8,11,14-15H2,1-3H3,(H,23,25). The number of piperidine rings is 1. The predicted octanol–water partition coefficient (Wildman–Crippen LogP) is 4.46. The molecule has 3 nitrogen and oxygen atoms in total. The van der Waals surface area contributed by atoms with Gasteiger partial charge >= 0.3 is 0 Å². The largest absolute Gasteiger partial charge is 0.326 e. The Balaban J connectivity index is 1.60. The van der Waals surface area contributed by atoms with Gasteiger partial charge < -0.3 is 5.32 Å². The number of benzene rings is 2. The van der Waals surface area contributed by atoms with Gasteiger partial charge in [0.2, 0.25) is 5.91 Å². The third-order valence-electron chi connectivity index (χ3n) is 5.14. The van der Waals surface area contributed by atoms with E-state index in [-0.39, 0.29) is 11.8 Å².